The van der Waals surface area contributed by atoms with Crippen molar-refractivity contribution in [1.82, 2.24) is 0 Å². The van der Waals surface area contributed by atoms with Crippen LogP contribution < -0.4 is 15.1 Å². The van der Waals surface area contributed by atoms with Crippen LogP contribution in [-0.4, -0.2) is 13.0 Å². The number of rotatable bonds is 8. The Hall–Kier alpha value is -2.96. The molecule has 0 fully saturated rings. The predicted molar refractivity (Wildman–Crippen MR) is 109 cm³/mol. The van der Waals surface area contributed by atoms with E-state index in [0.717, 1.165) is 24.8 Å². The number of fused-ring (bicyclic) bond motifs is 1. The maximum absolute atomic E-state index is 13.0. The first-order valence-corrected chi connectivity index (χ1v) is 9.90. The van der Waals surface area contributed by atoms with Gasteiger partial charge in [0.1, 0.15) is 17.1 Å². The zero-order valence-corrected chi connectivity index (χ0v) is 16.8. The first-order chi connectivity index (χ1) is 14.3. The zero-order valence-electron chi connectivity index (χ0n) is 16.8. The second-order valence-electron chi connectivity index (χ2n) is 6.92. The third-order valence-electron chi connectivity index (χ3n) is 4.65. The van der Waals surface area contributed by atoms with Crippen molar-refractivity contribution in [3.8, 4) is 22.6 Å². The molecule has 0 spiro atoms. The molecular formula is C23H23F3O4. The van der Waals surface area contributed by atoms with Crippen molar-refractivity contribution in [3.63, 3.8) is 0 Å². The number of halogens is 3. The van der Waals surface area contributed by atoms with Crippen molar-refractivity contribution in [2.75, 3.05) is 6.61 Å². The number of hydrogen-bond acceptors (Lipinski definition) is 4. The molecule has 0 aliphatic carbocycles. The third-order valence-corrected chi connectivity index (χ3v) is 4.65. The van der Waals surface area contributed by atoms with E-state index >= 15 is 0 Å². The average Bonchev–Trinajstić information content (AvgIpc) is 2.67. The number of unbranched alkanes of at least 4 members (excludes halogenated alkanes) is 2. The summed E-state index contributed by atoms with van der Waals surface area (Å²) in [6.07, 6.45) is -1.39. The molecule has 0 aliphatic rings. The Kier molecular flexibility index (Phi) is 6.70. The van der Waals surface area contributed by atoms with E-state index in [-0.39, 0.29) is 11.1 Å². The van der Waals surface area contributed by atoms with Crippen LogP contribution in [0.25, 0.3) is 22.1 Å². The molecule has 0 N–H and O–H groups in total. The summed E-state index contributed by atoms with van der Waals surface area (Å²) in [7, 11) is 0. The van der Waals surface area contributed by atoms with Gasteiger partial charge in [0.15, 0.2) is 0 Å². The molecule has 1 heterocycles. The van der Waals surface area contributed by atoms with Gasteiger partial charge >= 0.3 is 12.0 Å². The van der Waals surface area contributed by atoms with Gasteiger partial charge in [0.25, 0.3) is 0 Å². The normalized spacial score (nSPS) is 11.6. The molecule has 2 aromatic carbocycles. The molecule has 1 aromatic heterocycles. The topological polar surface area (TPSA) is 48.7 Å². The highest BCUT2D eigenvalue weighted by Gasteiger charge is 2.32. The van der Waals surface area contributed by atoms with Gasteiger partial charge < -0.3 is 13.9 Å². The van der Waals surface area contributed by atoms with Crippen molar-refractivity contribution in [1.29, 1.82) is 0 Å². The molecule has 0 unspecified atom stereocenters. The largest absolute Gasteiger partial charge is 0.573 e. The summed E-state index contributed by atoms with van der Waals surface area (Å²) in [6.45, 7) is 4.34. The van der Waals surface area contributed by atoms with Crippen LogP contribution >= 0.6 is 0 Å². The number of ether oxygens (including phenoxy) is 2. The van der Waals surface area contributed by atoms with E-state index in [9.17, 15) is 18.0 Å². The fraction of sp³-hybridized carbons (Fsp3) is 0.348. The summed E-state index contributed by atoms with van der Waals surface area (Å²) in [5.41, 5.74) is 0.311. The summed E-state index contributed by atoms with van der Waals surface area (Å²) >= 11 is 0. The summed E-state index contributed by atoms with van der Waals surface area (Å²) in [4.78, 5) is 12.6. The molecule has 3 rings (SSSR count). The lowest BCUT2D eigenvalue weighted by Crippen LogP contribution is -2.18. The molecule has 0 atom stereocenters. The fourth-order valence-electron chi connectivity index (χ4n) is 3.27. The molecule has 0 saturated heterocycles. The van der Waals surface area contributed by atoms with Crippen molar-refractivity contribution < 1.29 is 27.1 Å². The maximum Gasteiger partial charge on any atom is 0.573 e. The molecule has 0 radical (unpaired) electrons. The smallest absolute Gasteiger partial charge is 0.494 e. The number of benzene rings is 2. The minimum absolute atomic E-state index is 0.00557. The van der Waals surface area contributed by atoms with Gasteiger partial charge in [-0.1, -0.05) is 31.9 Å². The first kappa shape index (κ1) is 21.7. The van der Waals surface area contributed by atoms with Gasteiger partial charge in [-0.15, -0.1) is 13.2 Å². The molecule has 4 nitrogen and oxygen atoms in total. The standard InChI is InChI=1S/C23H23F3O4/c1-3-5-6-7-15-8-11-18(21(12-15)30-23(24,25)26)19-13-16-9-10-17(28-4-2)14-20(16)29-22(19)27/h8-14H,3-7H2,1-2H3. The van der Waals surface area contributed by atoms with Gasteiger partial charge in [0.05, 0.1) is 12.2 Å². The van der Waals surface area contributed by atoms with E-state index in [4.69, 9.17) is 9.15 Å². The molecule has 0 saturated carbocycles. The SMILES string of the molecule is CCCCCc1ccc(-c2cc3ccc(OCC)cc3oc2=O)c(OC(F)(F)F)c1. The Morgan fingerprint density at radius 2 is 1.77 bits per heavy atom. The minimum Gasteiger partial charge on any atom is -0.494 e. The van der Waals surface area contributed by atoms with Gasteiger partial charge in [-0.2, -0.15) is 0 Å². The van der Waals surface area contributed by atoms with E-state index in [1.807, 2.05) is 6.92 Å². The lowest BCUT2D eigenvalue weighted by Gasteiger charge is -2.15. The quantitative estimate of drug-likeness (QED) is 0.309. The van der Waals surface area contributed by atoms with Crippen molar-refractivity contribution in [3.05, 3.63) is 58.4 Å². The molecular weight excluding hydrogens is 397 g/mol. The minimum atomic E-state index is -4.87. The first-order valence-electron chi connectivity index (χ1n) is 9.90. The Labute approximate surface area is 172 Å². The Bertz CT molecular complexity index is 1070. The molecule has 7 heteroatoms. The van der Waals surface area contributed by atoms with Crippen LogP contribution in [0, 0.1) is 0 Å². The highest BCUT2D eigenvalue weighted by Crippen LogP contribution is 2.35. The summed E-state index contributed by atoms with van der Waals surface area (Å²) in [6, 6.07) is 11.0. The van der Waals surface area contributed by atoms with E-state index < -0.39 is 17.7 Å². The van der Waals surface area contributed by atoms with Gasteiger partial charge in [-0.3, -0.25) is 0 Å². The Morgan fingerprint density at radius 1 is 0.967 bits per heavy atom. The predicted octanol–water partition coefficient (Wildman–Crippen LogP) is 6.49. The van der Waals surface area contributed by atoms with Crippen LogP contribution in [0.1, 0.15) is 38.7 Å². The Balaban J connectivity index is 2.06. The van der Waals surface area contributed by atoms with Gasteiger partial charge in [0.2, 0.25) is 0 Å². The van der Waals surface area contributed by atoms with Crippen LogP contribution in [0.15, 0.2) is 51.7 Å². The second-order valence-corrected chi connectivity index (χ2v) is 6.92. The summed E-state index contributed by atoms with van der Waals surface area (Å²) in [5, 5.41) is 0.568. The molecule has 30 heavy (non-hydrogen) atoms. The van der Waals surface area contributed by atoms with Gasteiger partial charge in [0, 0.05) is 17.0 Å². The number of hydrogen-bond donors (Lipinski definition) is 0. The second kappa shape index (κ2) is 9.24. The summed E-state index contributed by atoms with van der Waals surface area (Å²) < 4.78 is 54.0. The highest BCUT2D eigenvalue weighted by molar-refractivity contribution is 5.84. The van der Waals surface area contributed by atoms with Gasteiger partial charge in [-0.05, 0) is 49.6 Å². The average molecular weight is 420 g/mol. The lowest BCUT2D eigenvalue weighted by molar-refractivity contribution is -0.274. The van der Waals surface area contributed by atoms with Crippen molar-refractivity contribution >= 4 is 11.0 Å². The zero-order chi connectivity index (χ0) is 21.7. The van der Waals surface area contributed by atoms with Crippen molar-refractivity contribution in [2.24, 2.45) is 0 Å². The third kappa shape index (κ3) is 5.34. The van der Waals surface area contributed by atoms with Crippen molar-refractivity contribution in [2.45, 2.75) is 45.9 Å². The molecule has 0 amide bonds. The van der Waals surface area contributed by atoms with Crippen LogP contribution in [-0.2, 0) is 6.42 Å². The molecule has 160 valence electrons. The Morgan fingerprint density at radius 3 is 2.47 bits per heavy atom. The van der Waals surface area contributed by atoms with Crippen LogP contribution in [0.5, 0.6) is 11.5 Å². The van der Waals surface area contributed by atoms with E-state index in [1.165, 1.54) is 18.2 Å². The lowest BCUT2D eigenvalue weighted by atomic mass is 10.00. The van der Waals surface area contributed by atoms with Gasteiger partial charge in [-0.25, -0.2) is 4.79 Å². The maximum atomic E-state index is 13.0. The van der Waals surface area contributed by atoms with E-state index in [1.54, 1.807) is 24.3 Å². The van der Waals surface area contributed by atoms with E-state index in [0.29, 0.717) is 29.7 Å². The highest BCUT2D eigenvalue weighted by atomic mass is 19.4. The number of alkyl halides is 3. The fourth-order valence-corrected chi connectivity index (χ4v) is 3.27. The van der Waals surface area contributed by atoms with Crippen LogP contribution in [0.2, 0.25) is 0 Å². The number of aryl methyl sites for hydroxylation is 1. The molecule has 3 aromatic rings. The monoisotopic (exact) mass is 420 g/mol. The van der Waals surface area contributed by atoms with E-state index in [2.05, 4.69) is 11.7 Å². The molecule has 0 aliphatic heterocycles. The summed E-state index contributed by atoms with van der Waals surface area (Å²) in [5.74, 6) is 0.132. The van der Waals surface area contributed by atoms with Crippen LogP contribution in [0.4, 0.5) is 13.2 Å². The van der Waals surface area contributed by atoms with Crippen LogP contribution in [0.3, 0.4) is 0 Å². The molecule has 0 bridgehead atoms.